The normalized spacial score (nSPS) is 18.6. The largest absolute Gasteiger partial charge is 0.336 e. The van der Waals surface area contributed by atoms with Crippen LogP contribution in [0.4, 0.5) is 0 Å². The van der Waals surface area contributed by atoms with Gasteiger partial charge in [-0.1, -0.05) is 17.7 Å². The van der Waals surface area contributed by atoms with Crippen LogP contribution in [0.25, 0.3) is 0 Å². The van der Waals surface area contributed by atoms with Crippen LogP contribution >= 0.6 is 0 Å². The molecule has 0 radical (unpaired) electrons. The van der Waals surface area contributed by atoms with Crippen molar-refractivity contribution >= 4 is 5.91 Å². The predicted molar refractivity (Wildman–Crippen MR) is 83.0 cm³/mol. The van der Waals surface area contributed by atoms with E-state index in [4.69, 9.17) is 5.73 Å². The van der Waals surface area contributed by atoms with Crippen LogP contribution in [-0.4, -0.2) is 29.9 Å². The van der Waals surface area contributed by atoms with E-state index in [0.717, 1.165) is 48.9 Å². The van der Waals surface area contributed by atoms with Gasteiger partial charge >= 0.3 is 0 Å². The van der Waals surface area contributed by atoms with Gasteiger partial charge in [-0.15, -0.1) is 0 Å². The zero-order valence-electron chi connectivity index (χ0n) is 12.9. The molecular weight excluding hydrogens is 248 g/mol. The predicted octanol–water partition coefficient (Wildman–Crippen LogP) is 2.96. The third kappa shape index (κ3) is 3.04. The van der Waals surface area contributed by atoms with Crippen molar-refractivity contribution in [2.75, 3.05) is 13.1 Å². The molecule has 1 aromatic carbocycles. The molecule has 110 valence electrons. The van der Waals surface area contributed by atoms with Crippen molar-refractivity contribution in [2.24, 2.45) is 5.73 Å². The van der Waals surface area contributed by atoms with E-state index in [1.165, 1.54) is 5.56 Å². The lowest BCUT2D eigenvalue weighted by Crippen LogP contribution is -2.36. The third-order valence-corrected chi connectivity index (χ3v) is 4.27. The number of nitrogens with two attached hydrogens (primary N) is 1. The summed E-state index contributed by atoms with van der Waals surface area (Å²) in [7, 11) is 0. The molecule has 1 amide bonds. The van der Waals surface area contributed by atoms with Crippen LogP contribution in [0.5, 0.6) is 0 Å². The highest BCUT2D eigenvalue weighted by Gasteiger charge is 2.30. The highest BCUT2D eigenvalue weighted by molar-refractivity contribution is 5.97. The van der Waals surface area contributed by atoms with E-state index in [9.17, 15) is 4.79 Å². The van der Waals surface area contributed by atoms with Gasteiger partial charge in [0.1, 0.15) is 0 Å². The molecule has 1 aliphatic heterocycles. The first-order valence-corrected chi connectivity index (χ1v) is 7.63. The molecule has 2 rings (SSSR count). The van der Waals surface area contributed by atoms with Crippen molar-refractivity contribution in [3.63, 3.8) is 0 Å². The lowest BCUT2D eigenvalue weighted by atomic mass is 9.98. The molecule has 1 atom stereocenters. The Bertz CT molecular complexity index is 473. The van der Waals surface area contributed by atoms with E-state index in [-0.39, 0.29) is 5.91 Å². The summed E-state index contributed by atoms with van der Waals surface area (Å²) in [6, 6.07) is 4.59. The molecule has 1 aliphatic rings. The molecule has 1 fully saturated rings. The molecule has 20 heavy (non-hydrogen) atoms. The molecular formula is C17H26N2O. The summed E-state index contributed by atoms with van der Waals surface area (Å²) in [6.07, 6.45) is 4.27. The van der Waals surface area contributed by atoms with E-state index in [0.29, 0.717) is 12.6 Å². The Morgan fingerprint density at radius 2 is 1.95 bits per heavy atom. The zero-order valence-corrected chi connectivity index (χ0v) is 12.9. The van der Waals surface area contributed by atoms with Crippen molar-refractivity contribution in [3.8, 4) is 0 Å². The Kier molecular flexibility index (Phi) is 4.81. The minimum Gasteiger partial charge on any atom is -0.336 e. The summed E-state index contributed by atoms with van der Waals surface area (Å²) < 4.78 is 0. The molecule has 3 nitrogen and oxygen atoms in total. The molecule has 3 heteroatoms. The molecule has 2 N–H and O–H groups in total. The van der Waals surface area contributed by atoms with E-state index >= 15 is 0 Å². The Hall–Kier alpha value is -1.35. The van der Waals surface area contributed by atoms with Gasteiger partial charge in [-0.25, -0.2) is 0 Å². The first-order chi connectivity index (χ1) is 9.54. The summed E-state index contributed by atoms with van der Waals surface area (Å²) in [5, 5.41) is 0. The van der Waals surface area contributed by atoms with Gasteiger partial charge in [-0.2, -0.15) is 0 Å². The number of aryl methyl sites for hydroxylation is 3. The Morgan fingerprint density at radius 3 is 2.55 bits per heavy atom. The summed E-state index contributed by atoms with van der Waals surface area (Å²) >= 11 is 0. The minimum atomic E-state index is 0.208. The maximum Gasteiger partial charge on any atom is 0.254 e. The second-order valence-corrected chi connectivity index (χ2v) is 6.00. The van der Waals surface area contributed by atoms with Gasteiger partial charge < -0.3 is 10.6 Å². The fourth-order valence-corrected chi connectivity index (χ4v) is 3.42. The average Bonchev–Trinajstić information content (AvgIpc) is 2.83. The number of hydrogen-bond donors (Lipinski definition) is 1. The van der Waals surface area contributed by atoms with Crippen LogP contribution in [0.3, 0.4) is 0 Å². The summed E-state index contributed by atoms with van der Waals surface area (Å²) in [6.45, 7) is 7.76. The van der Waals surface area contributed by atoms with E-state index < -0.39 is 0 Å². The number of rotatable bonds is 4. The second kappa shape index (κ2) is 6.40. The van der Waals surface area contributed by atoms with E-state index in [2.05, 4.69) is 24.0 Å². The number of carbonyl (C=O) groups is 1. The van der Waals surface area contributed by atoms with Crippen LogP contribution in [0, 0.1) is 20.8 Å². The molecule has 1 saturated heterocycles. The SMILES string of the molecule is Cc1cc(C)c(C(=O)N2CCCC2CCCN)c(C)c1. The average molecular weight is 274 g/mol. The standard InChI is InChI=1S/C17H26N2O/c1-12-10-13(2)16(14(3)11-12)17(20)19-9-5-7-15(19)6-4-8-18/h10-11,15H,4-9,18H2,1-3H3. The van der Waals surface area contributed by atoms with Gasteiger partial charge in [0.25, 0.3) is 5.91 Å². The van der Waals surface area contributed by atoms with Crippen LogP contribution in [0.2, 0.25) is 0 Å². The Morgan fingerprint density at radius 1 is 1.30 bits per heavy atom. The highest BCUT2D eigenvalue weighted by Crippen LogP contribution is 2.26. The van der Waals surface area contributed by atoms with Gasteiger partial charge in [0.05, 0.1) is 0 Å². The molecule has 0 aliphatic carbocycles. The first-order valence-electron chi connectivity index (χ1n) is 7.63. The monoisotopic (exact) mass is 274 g/mol. The van der Waals surface area contributed by atoms with Crippen molar-refractivity contribution in [1.29, 1.82) is 0 Å². The topological polar surface area (TPSA) is 46.3 Å². The zero-order chi connectivity index (χ0) is 14.7. The highest BCUT2D eigenvalue weighted by atomic mass is 16.2. The lowest BCUT2D eigenvalue weighted by Gasteiger charge is -2.26. The molecule has 0 spiro atoms. The summed E-state index contributed by atoms with van der Waals surface area (Å²) in [5.41, 5.74) is 9.91. The molecule has 0 aromatic heterocycles. The number of amides is 1. The number of hydrogen-bond acceptors (Lipinski definition) is 2. The molecule has 1 aromatic rings. The fourth-order valence-electron chi connectivity index (χ4n) is 3.42. The van der Waals surface area contributed by atoms with E-state index in [1.54, 1.807) is 0 Å². The van der Waals surface area contributed by atoms with Gasteiger partial charge in [0, 0.05) is 18.2 Å². The number of nitrogens with zero attached hydrogens (tertiary/aromatic N) is 1. The van der Waals surface area contributed by atoms with Crippen molar-refractivity contribution in [3.05, 3.63) is 34.4 Å². The number of likely N-dealkylation sites (tertiary alicyclic amines) is 1. The molecule has 1 heterocycles. The fraction of sp³-hybridized carbons (Fsp3) is 0.588. The molecule has 0 bridgehead atoms. The smallest absolute Gasteiger partial charge is 0.254 e. The Balaban J connectivity index is 2.22. The van der Waals surface area contributed by atoms with Crippen LogP contribution < -0.4 is 5.73 Å². The van der Waals surface area contributed by atoms with Crippen LogP contribution in [0.1, 0.15) is 52.7 Å². The quantitative estimate of drug-likeness (QED) is 0.917. The maximum absolute atomic E-state index is 12.9. The van der Waals surface area contributed by atoms with Crippen molar-refractivity contribution < 1.29 is 4.79 Å². The maximum atomic E-state index is 12.9. The Labute approximate surface area is 122 Å². The number of benzene rings is 1. The number of carbonyl (C=O) groups excluding carboxylic acids is 1. The summed E-state index contributed by atoms with van der Waals surface area (Å²) in [5.74, 6) is 0.208. The molecule has 0 saturated carbocycles. The second-order valence-electron chi connectivity index (χ2n) is 6.00. The van der Waals surface area contributed by atoms with Gasteiger partial charge in [-0.3, -0.25) is 4.79 Å². The summed E-state index contributed by atoms with van der Waals surface area (Å²) in [4.78, 5) is 14.9. The lowest BCUT2D eigenvalue weighted by molar-refractivity contribution is 0.0728. The van der Waals surface area contributed by atoms with Gasteiger partial charge in [0.15, 0.2) is 0 Å². The van der Waals surface area contributed by atoms with E-state index in [1.807, 2.05) is 13.8 Å². The minimum absolute atomic E-state index is 0.208. The first kappa shape index (κ1) is 15.0. The van der Waals surface area contributed by atoms with Crippen LogP contribution in [-0.2, 0) is 0 Å². The van der Waals surface area contributed by atoms with Crippen LogP contribution in [0.15, 0.2) is 12.1 Å². The molecule has 1 unspecified atom stereocenters. The van der Waals surface area contributed by atoms with Crippen molar-refractivity contribution in [2.45, 2.75) is 52.5 Å². The van der Waals surface area contributed by atoms with Gasteiger partial charge in [0.2, 0.25) is 0 Å². The van der Waals surface area contributed by atoms with Crippen molar-refractivity contribution in [1.82, 2.24) is 4.90 Å². The third-order valence-electron chi connectivity index (χ3n) is 4.27. The van der Waals surface area contributed by atoms with Gasteiger partial charge in [-0.05, 0) is 64.1 Å².